The van der Waals surface area contributed by atoms with Gasteiger partial charge in [0.15, 0.2) is 0 Å². The van der Waals surface area contributed by atoms with Crippen LogP contribution in [0.15, 0.2) is 18.3 Å². The Bertz CT molecular complexity index is 430. The van der Waals surface area contributed by atoms with E-state index in [1.165, 1.54) is 5.69 Å². The fourth-order valence-electron chi connectivity index (χ4n) is 2.64. The summed E-state index contributed by atoms with van der Waals surface area (Å²) in [4.78, 5) is 14.2. The Balaban J connectivity index is 1.88. The van der Waals surface area contributed by atoms with Gasteiger partial charge in [-0.3, -0.25) is 9.69 Å². The van der Waals surface area contributed by atoms with Gasteiger partial charge in [-0.25, -0.2) is 0 Å². The van der Waals surface area contributed by atoms with E-state index in [4.69, 9.17) is 4.74 Å². The molecule has 2 heterocycles. The quantitative estimate of drug-likeness (QED) is 0.864. The van der Waals surface area contributed by atoms with Gasteiger partial charge in [0.2, 0.25) is 5.91 Å². The highest BCUT2D eigenvalue weighted by Gasteiger charge is 2.25. The minimum absolute atomic E-state index is 0.0569. The van der Waals surface area contributed by atoms with Crippen LogP contribution in [-0.2, 0) is 16.1 Å². The largest absolute Gasteiger partial charge is 0.383 e. The fraction of sp³-hybridized carbons (Fsp3) is 0.643. The summed E-state index contributed by atoms with van der Waals surface area (Å²) in [6, 6.07) is 4.53. The molecule has 0 fully saturated rings. The Labute approximate surface area is 114 Å². The lowest BCUT2D eigenvalue weighted by molar-refractivity contribution is -0.124. The average molecular weight is 265 g/mol. The van der Waals surface area contributed by atoms with E-state index < -0.39 is 0 Å². The first-order chi connectivity index (χ1) is 9.11. The third-order valence-electron chi connectivity index (χ3n) is 3.64. The second-order valence-corrected chi connectivity index (χ2v) is 5.20. The lowest BCUT2D eigenvalue weighted by atomic mass is 10.1. The van der Waals surface area contributed by atoms with Gasteiger partial charge in [0.1, 0.15) is 0 Å². The number of amides is 1. The van der Waals surface area contributed by atoms with Gasteiger partial charge in [0.25, 0.3) is 0 Å². The molecule has 19 heavy (non-hydrogen) atoms. The van der Waals surface area contributed by atoms with Crippen LogP contribution in [0.1, 0.15) is 25.6 Å². The van der Waals surface area contributed by atoms with E-state index in [1.54, 1.807) is 7.11 Å². The maximum atomic E-state index is 12.0. The topological polar surface area (TPSA) is 46.5 Å². The zero-order chi connectivity index (χ0) is 13.8. The minimum atomic E-state index is 0.0569. The van der Waals surface area contributed by atoms with E-state index in [2.05, 4.69) is 40.0 Å². The second kappa shape index (κ2) is 6.21. The van der Waals surface area contributed by atoms with Crippen LogP contribution >= 0.6 is 0 Å². The summed E-state index contributed by atoms with van der Waals surface area (Å²) in [5.74, 6) is 0.0661. The highest BCUT2D eigenvalue weighted by atomic mass is 16.5. The Morgan fingerprint density at radius 2 is 2.37 bits per heavy atom. The fourth-order valence-corrected chi connectivity index (χ4v) is 2.64. The summed E-state index contributed by atoms with van der Waals surface area (Å²) in [5, 5.41) is 2.95. The molecule has 1 aliphatic rings. The number of carbonyl (C=O) groups is 1. The van der Waals surface area contributed by atoms with Crippen molar-refractivity contribution in [1.29, 1.82) is 0 Å². The number of fused-ring (bicyclic) bond motifs is 1. The first kappa shape index (κ1) is 14.1. The molecule has 0 spiro atoms. The standard InChI is InChI=1S/C14H23N3O2/c1-11(10-19-3)15-14(18)9-17-8-7-16-6-4-5-13(16)12(17)2/h4-6,11-12H,7-10H2,1-3H3,(H,15,18)/t11-,12+/m1/s1. The molecule has 0 radical (unpaired) electrons. The lowest BCUT2D eigenvalue weighted by Crippen LogP contribution is -2.45. The van der Waals surface area contributed by atoms with Gasteiger partial charge in [-0.1, -0.05) is 0 Å². The molecule has 106 valence electrons. The molecule has 5 heteroatoms. The maximum absolute atomic E-state index is 12.0. The van der Waals surface area contributed by atoms with Gasteiger partial charge < -0.3 is 14.6 Å². The Morgan fingerprint density at radius 1 is 1.58 bits per heavy atom. The summed E-state index contributed by atoms with van der Waals surface area (Å²) in [5.41, 5.74) is 1.28. The van der Waals surface area contributed by atoms with Gasteiger partial charge in [0.05, 0.1) is 13.2 Å². The highest BCUT2D eigenvalue weighted by molar-refractivity contribution is 5.78. The molecule has 0 aliphatic carbocycles. The van der Waals surface area contributed by atoms with Crippen LogP contribution in [0.4, 0.5) is 0 Å². The summed E-state index contributed by atoms with van der Waals surface area (Å²) < 4.78 is 7.28. The summed E-state index contributed by atoms with van der Waals surface area (Å²) >= 11 is 0. The summed E-state index contributed by atoms with van der Waals surface area (Å²) in [6.07, 6.45) is 2.10. The molecule has 1 aromatic heterocycles. The van der Waals surface area contributed by atoms with Crippen molar-refractivity contribution in [1.82, 2.24) is 14.8 Å². The molecule has 0 bridgehead atoms. The van der Waals surface area contributed by atoms with Gasteiger partial charge in [0, 0.05) is 44.2 Å². The molecule has 1 aromatic rings. The predicted octanol–water partition coefficient (Wildman–Crippen LogP) is 1.02. The summed E-state index contributed by atoms with van der Waals surface area (Å²) in [6.45, 7) is 6.95. The molecule has 1 N–H and O–H groups in total. The molecule has 1 aliphatic heterocycles. The van der Waals surface area contributed by atoms with E-state index in [9.17, 15) is 4.79 Å². The zero-order valence-corrected chi connectivity index (χ0v) is 11.9. The lowest BCUT2D eigenvalue weighted by Gasteiger charge is -2.34. The number of rotatable bonds is 5. The van der Waals surface area contributed by atoms with Crippen LogP contribution < -0.4 is 5.32 Å². The monoisotopic (exact) mass is 265 g/mol. The van der Waals surface area contributed by atoms with Crippen molar-refractivity contribution in [2.75, 3.05) is 26.8 Å². The number of nitrogens with zero attached hydrogens (tertiary/aromatic N) is 2. The third kappa shape index (κ3) is 3.36. The van der Waals surface area contributed by atoms with Crippen molar-refractivity contribution in [3.05, 3.63) is 24.0 Å². The molecule has 0 aromatic carbocycles. The van der Waals surface area contributed by atoms with Crippen molar-refractivity contribution in [2.45, 2.75) is 32.5 Å². The first-order valence-corrected chi connectivity index (χ1v) is 6.79. The van der Waals surface area contributed by atoms with Crippen LogP contribution in [-0.4, -0.2) is 48.2 Å². The highest BCUT2D eigenvalue weighted by Crippen LogP contribution is 2.24. The average Bonchev–Trinajstić information content (AvgIpc) is 2.82. The summed E-state index contributed by atoms with van der Waals surface area (Å²) in [7, 11) is 1.64. The number of aromatic nitrogens is 1. The van der Waals surface area contributed by atoms with Crippen molar-refractivity contribution in [2.24, 2.45) is 0 Å². The Hall–Kier alpha value is -1.33. The molecule has 5 nitrogen and oxygen atoms in total. The molecular formula is C14H23N3O2. The smallest absolute Gasteiger partial charge is 0.234 e. The van der Waals surface area contributed by atoms with Gasteiger partial charge >= 0.3 is 0 Å². The van der Waals surface area contributed by atoms with Crippen LogP contribution in [0, 0.1) is 0 Å². The SMILES string of the molecule is COC[C@@H](C)NC(=O)CN1CCn2cccc2[C@@H]1C. The minimum Gasteiger partial charge on any atom is -0.383 e. The van der Waals surface area contributed by atoms with E-state index >= 15 is 0 Å². The second-order valence-electron chi connectivity index (χ2n) is 5.20. The third-order valence-corrected chi connectivity index (χ3v) is 3.64. The van der Waals surface area contributed by atoms with E-state index in [-0.39, 0.29) is 18.0 Å². The number of ether oxygens (including phenoxy) is 1. The van der Waals surface area contributed by atoms with Crippen molar-refractivity contribution < 1.29 is 9.53 Å². The van der Waals surface area contributed by atoms with Gasteiger partial charge in [-0.15, -0.1) is 0 Å². The molecule has 0 saturated carbocycles. The van der Waals surface area contributed by atoms with E-state index in [1.807, 2.05) is 6.92 Å². The van der Waals surface area contributed by atoms with Gasteiger partial charge in [-0.05, 0) is 26.0 Å². The molecule has 0 unspecified atom stereocenters. The van der Waals surface area contributed by atoms with Gasteiger partial charge in [-0.2, -0.15) is 0 Å². The van der Waals surface area contributed by atoms with E-state index in [0.717, 1.165) is 13.1 Å². The Morgan fingerprint density at radius 3 is 3.11 bits per heavy atom. The Kier molecular flexibility index (Phi) is 4.61. The zero-order valence-electron chi connectivity index (χ0n) is 11.9. The molecule has 0 saturated heterocycles. The molecule has 2 rings (SSSR count). The number of nitrogens with one attached hydrogen (secondary N) is 1. The molecule has 1 amide bonds. The number of hydrogen-bond acceptors (Lipinski definition) is 3. The van der Waals surface area contributed by atoms with Crippen molar-refractivity contribution >= 4 is 5.91 Å². The van der Waals surface area contributed by atoms with Crippen LogP contribution in [0.5, 0.6) is 0 Å². The van der Waals surface area contributed by atoms with Crippen molar-refractivity contribution in [3.63, 3.8) is 0 Å². The van der Waals surface area contributed by atoms with Crippen molar-refractivity contribution in [3.8, 4) is 0 Å². The van der Waals surface area contributed by atoms with Crippen LogP contribution in [0.2, 0.25) is 0 Å². The predicted molar refractivity (Wildman–Crippen MR) is 73.9 cm³/mol. The van der Waals surface area contributed by atoms with Crippen LogP contribution in [0.3, 0.4) is 0 Å². The molecular weight excluding hydrogens is 242 g/mol. The number of carbonyl (C=O) groups excluding carboxylic acids is 1. The normalized spacial score (nSPS) is 20.9. The molecule has 2 atom stereocenters. The first-order valence-electron chi connectivity index (χ1n) is 6.79. The van der Waals surface area contributed by atoms with Crippen LogP contribution in [0.25, 0.3) is 0 Å². The maximum Gasteiger partial charge on any atom is 0.234 e. The number of methoxy groups -OCH3 is 1. The number of hydrogen-bond donors (Lipinski definition) is 1. The van der Waals surface area contributed by atoms with E-state index in [0.29, 0.717) is 13.2 Å².